The second kappa shape index (κ2) is 5.13. The van der Waals surface area contributed by atoms with Crippen molar-refractivity contribution in [2.45, 2.75) is 44.9 Å². The van der Waals surface area contributed by atoms with Crippen molar-refractivity contribution in [3.05, 3.63) is 24.3 Å². The fourth-order valence-corrected chi connectivity index (χ4v) is 2.20. The van der Waals surface area contributed by atoms with E-state index in [0.717, 1.165) is 12.1 Å². The van der Waals surface area contributed by atoms with E-state index >= 15 is 0 Å². The maximum atomic E-state index is 12.2. The molecule has 19 heavy (non-hydrogen) atoms. The van der Waals surface area contributed by atoms with E-state index in [9.17, 15) is 4.79 Å². The van der Waals surface area contributed by atoms with Crippen LogP contribution in [0.4, 0.5) is 4.79 Å². The molecule has 0 saturated carbocycles. The Morgan fingerprint density at radius 3 is 2.84 bits per heavy atom. The summed E-state index contributed by atoms with van der Waals surface area (Å²) in [5.41, 5.74) is 6.33. The molecule has 1 saturated heterocycles. The number of amides is 1. The van der Waals surface area contributed by atoms with E-state index < -0.39 is 5.60 Å². The number of ether oxygens (including phenoxy) is 1. The summed E-state index contributed by atoms with van der Waals surface area (Å²) < 4.78 is 5.41. The molecular weight excluding hydrogens is 244 g/mol. The van der Waals surface area contributed by atoms with Gasteiger partial charge in [0.25, 0.3) is 0 Å². The third-order valence-electron chi connectivity index (χ3n) is 2.98. The van der Waals surface area contributed by atoms with Gasteiger partial charge >= 0.3 is 6.09 Å². The lowest BCUT2D eigenvalue weighted by molar-refractivity contribution is 0.0215. The molecule has 1 aromatic rings. The van der Waals surface area contributed by atoms with Gasteiger partial charge in [-0.05, 0) is 33.3 Å². The summed E-state index contributed by atoms with van der Waals surface area (Å²) in [7, 11) is 0. The van der Waals surface area contributed by atoms with E-state index in [4.69, 9.17) is 10.5 Å². The van der Waals surface area contributed by atoms with E-state index in [1.54, 1.807) is 17.2 Å². The molecule has 2 heterocycles. The molecule has 2 atom stereocenters. The summed E-state index contributed by atoms with van der Waals surface area (Å²) in [5.74, 6) is 0. The van der Waals surface area contributed by atoms with Crippen LogP contribution < -0.4 is 5.73 Å². The van der Waals surface area contributed by atoms with Crippen molar-refractivity contribution in [1.82, 2.24) is 14.9 Å². The molecule has 0 radical (unpaired) electrons. The average Bonchev–Trinajstić information content (AvgIpc) is 2.70. The van der Waals surface area contributed by atoms with E-state index in [1.165, 1.54) is 6.33 Å². The van der Waals surface area contributed by atoms with E-state index in [2.05, 4.69) is 9.97 Å². The van der Waals surface area contributed by atoms with Crippen LogP contribution in [-0.4, -0.2) is 39.1 Å². The van der Waals surface area contributed by atoms with Crippen LogP contribution in [-0.2, 0) is 4.74 Å². The maximum absolute atomic E-state index is 12.2. The van der Waals surface area contributed by atoms with Crippen LogP contribution in [0.3, 0.4) is 0 Å². The lowest BCUT2D eigenvalue weighted by atomic mass is 10.1. The molecule has 0 aliphatic carbocycles. The number of carbonyl (C=O) groups excluding carboxylic acids is 1. The highest BCUT2D eigenvalue weighted by Crippen LogP contribution is 2.31. The third kappa shape index (κ3) is 3.20. The van der Waals surface area contributed by atoms with Gasteiger partial charge in [0.2, 0.25) is 0 Å². The van der Waals surface area contributed by atoms with Gasteiger partial charge in [0, 0.05) is 18.8 Å². The number of nitrogens with two attached hydrogens (primary N) is 1. The van der Waals surface area contributed by atoms with Crippen LogP contribution in [0.1, 0.15) is 38.9 Å². The first kappa shape index (κ1) is 13.7. The molecule has 6 heteroatoms. The SMILES string of the molecule is CC(C)(C)OC(=O)N1CC[C@@H](N)[C@@H]1c1ccncn1. The summed E-state index contributed by atoms with van der Waals surface area (Å²) in [4.78, 5) is 21.9. The van der Waals surface area contributed by atoms with E-state index in [1.807, 2.05) is 20.8 Å². The summed E-state index contributed by atoms with van der Waals surface area (Å²) >= 11 is 0. The Kier molecular flexibility index (Phi) is 3.71. The molecule has 0 aromatic carbocycles. The second-order valence-corrected chi connectivity index (χ2v) is 5.71. The van der Waals surface area contributed by atoms with Crippen LogP contribution in [0, 0.1) is 0 Å². The molecule has 1 aliphatic heterocycles. The van der Waals surface area contributed by atoms with Crippen LogP contribution in [0.25, 0.3) is 0 Å². The second-order valence-electron chi connectivity index (χ2n) is 5.71. The number of hydrogen-bond donors (Lipinski definition) is 1. The first-order chi connectivity index (χ1) is 8.88. The fourth-order valence-electron chi connectivity index (χ4n) is 2.20. The molecular formula is C13H20N4O2. The smallest absolute Gasteiger partial charge is 0.410 e. The third-order valence-corrected chi connectivity index (χ3v) is 2.98. The number of hydrogen-bond acceptors (Lipinski definition) is 5. The Bertz CT molecular complexity index is 444. The maximum Gasteiger partial charge on any atom is 0.410 e. The molecule has 2 rings (SSSR count). The Morgan fingerprint density at radius 2 is 2.26 bits per heavy atom. The van der Waals surface area contributed by atoms with Crippen molar-refractivity contribution in [1.29, 1.82) is 0 Å². The van der Waals surface area contributed by atoms with Crippen molar-refractivity contribution in [2.24, 2.45) is 5.73 Å². The molecule has 6 nitrogen and oxygen atoms in total. The Labute approximate surface area is 113 Å². The molecule has 1 aliphatic rings. The first-order valence-electron chi connectivity index (χ1n) is 6.39. The van der Waals surface area contributed by atoms with Crippen molar-refractivity contribution in [3.63, 3.8) is 0 Å². The topological polar surface area (TPSA) is 81.3 Å². The van der Waals surface area contributed by atoms with Crippen LogP contribution in [0.15, 0.2) is 18.6 Å². The minimum Gasteiger partial charge on any atom is -0.444 e. The lowest BCUT2D eigenvalue weighted by Crippen LogP contribution is -2.39. The summed E-state index contributed by atoms with van der Waals surface area (Å²) in [6, 6.07) is 1.42. The highest BCUT2D eigenvalue weighted by molar-refractivity contribution is 5.69. The standard InChI is InChI=1S/C13H20N4O2/c1-13(2,3)19-12(18)17-7-5-9(14)11(17)10-4-6-15-8-16-10/h4,6,8-9,11H,5,7,14H2,1-3H3/t9-,11-/m1/s1. The normalized spacial score (nSPS) is 23.5. The first-order valence-corrected chi connectivity index (χ1v) is 6.39. The van der Waals surface area contributed by atoms with Crippen LogP contribution >= 0.6 is 0 Å². The van der Waals surface area contributed by atoms with Crippen molar-refractivity contribution in [2.75, 3.05) is 6.54 Å². The van der Waals surface area contributed by atoms with Crippen LogP contribution in [0.5, 0.6) is 0 Å². The van der Waals surface area contributed by atoms with Gasteiger partial charge in [-0.1, -0.05) is 0 Å². The lowest BCUT2D eigenvalue weighted by Gasteiger charge is -2.29. The summed E-state index contributed by atoms with van der Waals surface area (Å²) in [6.07, 6.45) is 3.52. The molecule has 0 bridgehead atoms. The number of likely N-dealkylation sites (tertiary alicyclic amines) is 1. The van der Waals surface area contributed by atoms with Gasteiger partial charge in [-0.3, -0.25) is 4.90 Å². The molecule has 1 aromatic heterocycles. The van der Waals surface area contributed by atoms with Gasteiger partial charge in [0.15, 0.2) is 0 Å². The fraction of sp³-hybridized carbons (Fsp3) is 0.615. The molecule has 1 amide bonds. The van der Waals surface area contributed by atoms with Gasteiger partial charge in [0.1, 0.15) is 11.9 Å². The van der Waals surface area contributed by atoms with Gasteiger partial charge < -0.3 is 10.5 Å². The van der Waals surface area contributed by atoms with E-state index in [-0.39, 0.29) is 18.2 Å². The molecule has 0 spiro atoms. The molecule has 0 unspecified atom stereocenters. The summed E-state index contributed by atoms with van der Waals surface area (Å²) in [5, 5.41) is 0. The zero-order valence-corrected chi connectivity index (χ0v) is 11.5. The number of aromatic nitrogens is 2. The molecule has 104 valence electrons. The number of carbonyl (C=O) groups is 1. The Balaban J connectivity index is 2.18. The zero-order valence-electron chi connectivity index (χ0n) is 11.5. The highest BCUT2D eigenvalue weighted by atomic mass is 16.6. The predicted octanol–water partition coefficient (Wildman–Crippen LogP) is 1.49. The Hall–Kier alpha value is -1.69. The highest BCUT2D eigenvalue weighted by Gasteiger charge is 2.38. The number of rotatable bonds is 1. The molecule has 2 N–H and O–H groups in total. The predicted molar refractivity (Wildman–Crippen MR) is 70.3 cm³/mol. The van der Waals surface area contributed by atoms with Gasteiger partial charge in [0.05, 0.1) is 11.7 Å². The summed E-state index contributed by atoms with van der Waals surface area (Å²) in [6.45, 7) is 6.13. The zero-order chi connectivity index (χ0) is 14.0. The van der Waals surface area contributed by atoms with Crippen molar-refractivity contribution >= 4 is 6.09 Å². The van der Waals surface area contributed by atoms with Gasteiger partial charge in [-0.2, -0.15) is 0 Å². The number of nitrogens with zero attached hydrogens (tertiary/aromatic N) is 3. The van der Waals surface area contributed by atoms with Crippen LogP contribution in [0.2, 0.25) is 0 Å². The van der Waals surface area contributed by atoms with Crippen molar-refractivity contribution < 1.29 is 9.53 Å². The molecule has 1 fully saturated rings. The quantitative estimate of drug-likeness (QED) is 0.831. The van der Waals surface area contributed by atoms with E-state index in [0.29, 0.717) is 6.54 Å². The monoisotopic (exact) mass is 264 g/mol. The van der Waals surface area contributed by atoms with Crippen molar-refractivity contribution in [3.8, 4) is 0 Å². The van der Waals surface area contributed by atoms with Gasteiger partial charge in [-0.25, -0.2) is 14.8 Å². The Morgan fingerprint density at radius 1 is 1.53 bits per heavy atom. The minimum atomic E-state index is -0.514. The average molecular weight is 264 g/mol. The largest absolute Gasteiger partial charge is 0.444 e. The minimum absolute atomic E-state index is 0.123. The van der Waals surface area contributed by atoms with Gasteiger partial charge in [-0.15, -0.1) is 0 Å².